The third-order valence-electron chi connectivity index (χ3n) is 4.51. The van der Waals surface area contributed by atoms with E-state index in [0.717, 1.165) is 10.5 Å². The Labute approximate surface area is 154 Å². The number of methoxy groups -OCH3 is 1. The number of carbonyl (C=O) groups is 2. The largest absolute Gasteiger partial charge is 0.497 e. The summed E-state index contributed by atoms with van der Waals surface area (Å²) in [5.74, 6) is -0.165. The second-order valence-electron chi connectivity index (χ2n) is 6.09. The molecule has 0 N–H and O–H groups in total. The van der Waals surface area contributed by atoms with Crippen LogP contribution < -0.4 is 14.6 Å². The van der Waals surface area contributed by atoms with Crippen LogP contribution in [-0.4, -0.2) is 31.0 Å². The van der Waals surface area contributed by atoms with Crippen LogP contribution in [0.15, 0.2) is 52.8 Å². The Morgan fingerprint density at radius 1 is 1.08 bits per heavy atom. The molecule has 2 aromatic rings. The quantitative estimate of drug-likeness (QED) is 0.778. The Morgan fingerprint density at radius 2 is 1.88 bits per heavy atom. The third-order valence-corrected chi connectivity index (χ3v) is 4.92. The van der Waals surface area contributed by atoms with Gasteiger partial charge < -0.3 is 4.74 Å². The molecule has 2 atom stereocenters. The van der Waals surface area contributed by atoms with Crippen LogP contribution in [0, 0.1) is 6.92 Å². The predicted molar refractivity (Wildman–Crippen MR) is 96.6 cm³/mol. The molecule has 4 rings (SSSR count). The molecule has 132 valence electrons. The molecule has 0 unspecified atom stereocenters. The normalized spacial score (nSPS) is 21.5. The molecule has 2 heterocycles. The van der Waals surface area contributed by atoms with Crippen molar-refractivity contribution in [1.82, 2.24) is 0 Å². The van der Waals surface area contributed by atoms with Crippen LogP contribution in [0.4, 0.5) is 11.4 Å². The number of amides is 2. The van der Waals surface area contributed by atoms with Gasteiger partial charge in [0.05, 0.1) is 18.5 Å². The highest BCUT2D eigenvalue weighted by Gasteiger charge is 2.55. The van der Waals surface area contributed by atoms with E-state index in [2.05, 4.69) is 10.3 Å². The van der Waals surface area contributed by atoms with Crippen molar-refractivity contribution >= 4 is 34.8 Å². The molecule has 1 fully saturated rings. The van der Waals surface area contributed by atoms with Gasteiger partial charge in [0.2, 0.25) is 0 Å². The Hall–Kier alpha value is -2.93. The van der Waals surface area contributed by atoms with E-state index in [9.17, 15) is 9.59 Å². The standard InChI is InChI=1S/C18H15ClN4O3/c1-10-6-7-11(9-14(10)19)22-17(24)15-16(18(22)25)23(21-20-15)12-4-3-5-13(8-12)26-2/h3-9,15-16H,1-2H3/t15-,16-/m1/s1. The molecule has 2 aliphatic heterocycles. The maximum atomic E-state index is 13.0. The van der Waals surface area contributed by atoms with Gasteiger partial charge in [-0.25, -0.2) is 9.91 Å². The van der Waals surface area contributed by atoms with Crippen molar-refractivity contribution in [2.24, 2.45) is 10.3 Å². The topological polar surface area (TPSA) is 74.6 Å². The van der Waals surface area contributed by atoms with Gasteiger partial charge >= 0.3 is 0 Å². The second kappa shape index (κ2) is 6.10. The number of nitrogens with zero attached hydrogens (tertiary/aromatic N) is 4. The number of rotatable bonds is 3. The zero-order valence-corrected chi connectivity index (χ0v) is 14.8. The Morgan fingerprint density at radius 3 is 2.62 bits per heavy atom. The Kier molecular flexibility index (Phi) is 3.88. The van der Waals surface area contributed by atoms with E-state index in [0.29, 0.717) is 22.1 Å². The highest BCUT2D eigenvalue weighted by atomic mass is 35.5. The van der Waals surface area contributed by atoms with Gasteiger partial charge in [0, 0.05) is 11.1 Å². The fraction of sp³-hybridized carbons (Fsp3) is 0.222. The highest BCUT2D eigenvalue weighted by Crippen LogP contribution is 2.36. The van der Waals surface area contributed by atoms with E-state index >= 15 is 0 Å². The Balaban J connectivity index is 1.70. The van der Waals surface area contributed by atoms with Gasteiger partial charge in [-0.2, -0.15) is 5.11 Å². The summed E-state index contributed by atoms with van der Waals surface area (Å²) in [4.78, 5) is 26.9. The van der Waals surface area contributed by atoms with E-state index in [-0.39, 0.29) is 5.91 Å². The number of carbonyl (C=O) groups excluding carboxylic acids is 2. The van der Waals surface area contributed by atoms with Crippen LogP contribution >= 0.6 is 11.6 Å². The highest BCUT2D eigenvalue weighted by molar-refractivity contribution is 6.32. The van der Waals surface area contributed by atoms with Crippen molar-refractivity contribution in [2.75, 3.05) is 17.0 Å². The first-order valence-electron chi connectivity index (χ1n) is 7.99. The first kappa shape index (κ1) is 16.5. The smallest absolute Gasteiger partial charge is 0.263 e. The van der Waals surface area contributed by atoms with Crippen molar-refractivity contribution in [2.45, 2.75) is 19.0 Å². The van der Waals surface area contributed by atoms with Crippen molar-refractivity contribution in [3.05, 3.63) is 53.1 Å². The monoisotopic (exact) mass is 370 g/mol. The van der Waals surface area contributed by atoms with E-state index < -0.39 is 18.0 Å². The summed E-state index contributed by atoms with van der Waals surface area (Å²) in [6, 6.07) is 10.5. The Bertz CT molecular complexity index is 946. The van der Waals surface area contributed by atoms with E-state index in [1.807, 2.05) is 6.92 Å². The lowest BCUT2D eigenvalue weighted by Gasteiger charge is -2.21. The average molecular weight is 371 g/mol. The number of hydrogen-bond donors (Lipinski definition) is 0. The number of anilines is 2. The summed E-state index contributed by atoms with van der Waals surface area (Å²) in [5.41, 5.74) is 1.93. The summed E-state index contributed by atoms with van der Waals surface area (Å²) >= 11 is 6.15. The zero-order chi connectivity index (χ0) is 18.4. The summed E-state index contributed by atoms with van der Waals surface area (Å²) in [7, 11) is 1.56. The molecule has 0 bridgehead atoms. The first-order chi connectivity index (χ1) is 12.5. The molecule has 0 saturated carbocycles. The summed E-state index contributed by atoms with van der Waals surface area (Å²) in [6.07, 6.45) is 0. The minimum Gasteiger partial charge on any atom is -0.497 e. The molecule has 2 aliphatic rings. The predicted octanol–water partition coefficient (Wildman–Crippen LogP) is 3.15. The molecule has 1 saturated heterocycles. The van der Waals surface area contributed by atoms with Crippen molar-refractivity contribution in [3.8, 4) is 5.75 Å². The number of imide groups is 1. The van der Waals surface area contributed by atoms with Gasteiger partial charge in [0.1, 0.15) is 5.75 Å². The molecule has 8 heteroatoms. The zero-order valence-electron chi connectivity index (χ0n) is 14.1. The minimum absolute atomic E-state index is 0.382. The number of aryl methyl sites for hydroxylation is 1. The van der Waals surface area contributed by atoms with Gasteiger partial charge in [-0.05, 0) is 36.8 Å². The summed E-state index contributed by atoms with van der Waals surface area (Å²) < 4.78 is 5.21. The van der Waals surface area contributed by atoms with E-state index in [1.165, 1.54) is 5.01 Å². The van der Waals surface area contributed by atoms with Gasteiger partial charge in [0.25, 0.3) is 11.8 Å². The molecule has 7 nitrogen and oxygen atoms in total. The molecule has 0 aliphatic carbocycles. The fourth-order valence-electron chi connectivity index (χ4n) is 3.10. The van der Waals surface area contributed by atoms with Gasteiger partial charge in [-0.15, -0.1) is 0 Å². The lowest BCUT2D eigenvalue weighted by atomic mass is 10.1. The molecule has 0 aromatic heterocycles. The third kappa shape index (κ3) is 2.43. The molecule has 2 aromatic carbocycles. The molecular formula is C18H15ClN4O3. The average Bonchev–Trinajstić information content (AvgIpc) is 3.18. The molecule has 2 amide bonds. The lowest BCUT2D eigenvalue weighted by Crippen LogP contribution is -2.39. The van der Waals surface area contributed by atoms with Crippen molar-refractivity contribution in [3.63, 3.8) is 0 Å². The summed E-state index contributed by atoms with van der Waals surface area (Å²) in [6.45, 7) is 1.85. The van der Waals surface area contributed by atoms with Gasteiger partial charge in [-0.1, -0.05) is 29.0 Å². The van der Waals surface area contributed by atoms with E-state index in [4.69, 9.17) is 16.3 Å². The maximum Gasteiger partial charge on any atom is 0.263 e. The lowest BCUT2D eigenvalue weighted by molar-refractivity contribution is -0.121. The molecule has 0 spiro atoms. The number of ether oxygens (including phenoxy) is 1. The first-order valence-corrected chi connectivity index (χ1v) is 8.37. The summed E-state index contributed by atoms with van der Waals surface area (Å²) in [5, 5.41) is 10.0. The van der Waals surface area contributed by atoms with Gasteiger partial charge in [-0.3, -0.25) is 9.59 Å². The molecule has 0 radical (unpaired) electrons. The van der Waals surface area contributed by atoms with Crippen LogP contribution in [0.2, 0.25) is 5.02 Å². The number of fused-ring (bicyclic) bond motifs is 1. The van der Waals surface area contributed by atoms with Crippen molar-refractivity contribution in [1.29, 1.82) is 0 Å². The van der Waals surface area contributed by atoms with Crippen LogP contribution in [0.5, 0.6) is 5.75 Å². The number of hydrogen-bond acceptors (Lipinski definition) is 6. The van der Waals surface area contributed by atoms with Crippen LogP contribution in [0.3, 0.4) is 0 Å². The van der Waals surface area contributed by atoms with Crippen LogP contribution in [0.25, 0.3) is 0 Å². The maximum absolute atomic E-state index is 13.0. The number of benzene rings is 2. The number of halogens is 1. The molecular weight excluding hydrogens is 356 g/mol. The van der Waals surface area contributed by atoms with E-state index in [1.54, 1.807) is 49.6 Å². The minimum atomic E-state index is -0.867. The second-order valence-corrected chi connectivity index (χ2v) is 6.49. The van der Waals surface area contributed by atoms with Crippen molar-refractivity contribution < 1.29 is 14.3 Å². The van der Waals surface area contributed by atoms with Crippen LogP contribution in [-0.2, 0) is 9.59 Å². The van der Waals surface area contributed by atoms with Gasteiger partial charge in [0.15, 0.2) is 12.1 Å². The molecule has 26 heavy (non-hydrogen) atoms. The fourth-order valence-corrected chi connectivity index (χ4v) is 3.28. The SMILES string of the molecule is COc1cccc(N2N=N[C@H]3C(=O)N(c4ccc(C)c(Cl)c4)C(=O)[C@@H]32)c1. The van der Waals surface area contributed by atoms with Crippen LogP contribution in [0.1, 0.15) is 5.56 Å².